The number of nitrogens with zero attached hydrogens (tertiary/aromatic N) is 1. The van der Waals surface area contributed by atoms with E-state index in [2.05, 4.69) is 4.90 Å². The summed E-state index contributed by atoms with van der Waals surface area (Å²) >= 11 is 0. The number of aryl methyl sites for hydroxylation is 1. The number of halogens is 1. The summed E-state index contributed by atoms with van der Waals surface area (Å²) in [6, 6.07) is 11.0. The minimum Gasteiger partial charge on any atom is -0.491 e. The molecule has 0 unspecified atom stereocenters. The molecule has 0 saturated carbocycles. The van der Waals surface area contributed by atoms with Gasteiger partial charge in [0.1, 0.15) is 0 Å². The lowest BCUT2D eigenvalue weighted by Crippen LogP contribution is -2.19. The normalized spacial score (nSPS) is 10.5. The van der Waals surface area contributed by atoms with Crippen molar-refractivity contribution in [2.45, 2.75) is 20.8 Å². The Morgan fingerprint density at radius 3 is 2.48 bits per heavy atom. The molecule has 0 atom stereocenters. The van der Waals surface area contributed by atoms with E-state index in [9.17, 15) is 4.39 Å². The molecular weight excluding hydrogens is 267 g/mol. The van der Waals surface area contributed by atoms with Crippen molar-refractivity contribution in [1.82, 2.24) is 0 Å². The highest BCUT2D eigenvalue weighted by molar-refractivity contribution is 5.77. The average molecular weight is 288 g/mol. The van der Waals surface area contributed by atoms with Crippen LogP contribution in [0.1, 0.15) is 19.4 Å². The van der Waals surface area contributed by atoms with Gasteiger partial charge in [-0.1, -0.05) is 18.2 Å². The summed E-state index contributed by atoms with van der Waals surface area (Å²) in [7, 11) is 0. The summed E-state index contributed by atoms with van der Waals surface area (Å²) in [5.74, 6) is -0.201. The number of ether oxygens (including phenoxy) is 1. The number of anilines is 3. The topological polar surface area (TPSA) is 38.5 Å². The molecule has 21 heavy (non-hydrogen) atoms. The molecule has 2 rings (SSSR count). The van der Waals surface area contributed by atoms with Gasteiger partial charge in [-0.2, -0.15) is 0 Å². The minimum atomic E-state index is -0.432. The Labute approximate surface area is 125 Å². The molecule has 2 N–H and O–H groups in total. The van der Waals surface area contributed by atoms with E-state index in [-0.39, 0.29) is 5.75 Å². The average Bonchev–Trinajstić information content (AvgIpc) is 2.46. The van der Waals surface area contributed by atoms with Gasteiger partial charge in [-0.05, 0) is 32.4 Å². The number of benzene rings is 2. The molecule has 0 amide bonds. The van der Waals surface area contributed by atoms with E-state index in [0.29, 0.717) is 12.3 Å². The van der Waals surface area contributed by atoms with Crippen LogP contribution in [0.2, 0.25) is 0 Å². The van der Waals surface area contributed by atoms with Crippen LogP contribution in [0, 0.1) is 12.7 Å². The van der Waals surface area contributed by atoms with Gasteiger partial charge in [0.15, 0.2) is 11.6 Å². The maximum absolute atomic E-state index is 13.8. The van der Waals surface area contributed by atoms with Crippen LogP contribution in [0.15, 0.2) is 36.4 Å². The number of hydrogen-bond donors (Lipinski definition) is 1. The van der Waals surface area contributed by atoms with E-state index in [0.717, 1.165) is 23.5 Å². The molecule has 0 heterocycles. The number of nitrogens with two attached hydrogens (primary N) is 1. The van der Waals surface area contributed by atoms with E-state index < -0.39 is 5.82 Å². The quantitative estimate of drug-likeness (QED) is 0.835. The molecule has 0 aliphatic rings. The van der Waals surface area contributed by atoms with Gasteiger partial charge in [-0.3, -0.25) is 0 Å². The Balaban J connectivity index is 2.52. The van der Waals surface area contributed by atoms with Crippen molar-refractivity contribution in [1.29, 1.82) is 0 Å². The number of para-hydroxylation sites is 1. The van der Waals surface area contributed by atoms with Crippen LogP contribution in [-0.4, -0.2) is 13.2 Å². The summed E-state index contributed by atoms with van der Waals surface area (Å²) in [4.78, 5) is 2.06. The Kier molecular flexibility index (Phi) is 4.68. The van der Waals surface area contributed by atoms with Crippen molar-refractivity contribution in [2.75, 3.05) is 23.8 Å². The molecule has 2 aromatic carbocycles. The van der Waals surface area contributed by atoms with E-state index in [4.69, 9.17) is 10.5 Å². The Hall–Kier alpha value is -2.23. The van der Waals surface area contributed by atoms with Gasteiger partial charge in [0.25, 0.3) is 0 Å². The molecule has 4 heteroatoms. The first kappa shape index (κ1) is 15.2. The molecule has 0 bridgehead atoms. The lowest BCUT2D eigenvalue weighted by atomic mass is 10.1. The van der Waals surface area contributed by atoms with Crippen molar-refractivity contribution in [2.24, 2.45) is 0 Å². The fourth-order valence-corrected chi connectivity index (χ4v) is 2.39. The predicted molar refractivity (Wildman–Crippen MR) is 85.8 cm³/mol. The Morgan fingerprint density at radius 2 is 1.86 bits per heavy atom. The van der Waals surface area contributed by atoms with Gasteiger partial charge in [-0.25, -0.2) is 4.39 Å². The van der Waals surface area contributed by atoms with Crippen LogP contribution < -0.4 is 15.4 Å². The van der Waals surface area contributed by atoms with Gasteiger partial charge < -0.3 is 15.4 Å². The zero-order valence-corrected chi connectivity index (χ0v) is 12.7. The monoisotopic (exact) mass is 288 g/mol. The highest BCUT2D eigenvalue weighted by Gasteiger charge is 2.16. The molecule has 112 valence electrons. The maximum atomic E-state index is 13.8. The highest BCUT2D eigenvalue weighted by atomic mass is 19.1. The largest absolute Gasteiger partial charge is 0.491 e. The summed E-state index contributed by atoms with van der Waals surface area (Å²) in [5.41, 5.74) is 9.37. The molecule has 0 aromatic heterocycles. The zero-order valence-electron chi connectivity index (χ0n) is 12.7. The molecule has 2 aromatic rings. The zero-order chi connectivity index (χ0) is 15.4. The summed E-state index contributed by atoms with van der Waals surface area (Å²) < 4.78 is 19.2. The van der Waals surface area contributed by atoms with Crippen LogP contribution in [0.3, 0.4) is 0 Å². The first-order valence-electron chi connectivity index (χ1n) is 7.13. The smallest absolute Gasteiger partial charge is 0.167 e. The second-order valence-electron chi connectivity index (χ2n) is 4.81. The second-order valence-corrected chi connectivity index (χ2v) is 4.81. The summed E-state index contributed by atoms with van der Waals surface area (Å²) in [5, 5.41) is 0. The molecule has 3 nitrogen and oxygen atoms in total. The third kappa shape index (κ3) is 3.10. The standard InChI is InChI=1S/C17H21FN2O/c1-4-20(15-9-7-6-8-12(15)3)16-11-17(21-5-2)13(18)10-14(16)19/h6-11H,4-5,19H2,1-3H3. The van der Waals surface area contributed by atoms with Crippen molar-refractivity contribution in [3.63, 3.8) is 0 Å². The van der Waals surface area contributed by atoms with Crippen molar-refractivity contribution in [3.8, 4) is 5.75 Å². The fraction of sp³-hybridized carbons (Fsp3) is 0.294. The Morgan fingerprint density at radius 1 is 1.14 bits per heavy atom. The third-order valence-electron chi connectivity index (χ3n) is 3.39. The highest BCUT2D eigenvalue weighted by Crippen LogP contribution is 2.36. The fourth-order valence-electron chi connectivity index (χ4n) is 2.39. The molecule has 0 spiro atoms. The molecule has 0 saturated heterocycles. The van der Waals surface area contributed by atoms with Gasteiger partial charge in [0, 0.05) is 24.4 Å². The maximum Gasteiger partial charge on any atom is 0.167 e. The second kappa shape index (κ2) is 6.48. The lowest BCUT2D eigenvalue weighted by molar-refractivity contribution is 0.322. The van der Waals surface area contributed by atoms with Gasteiger partial charge in [0.05, 0.1) is 18.0 Å². The summed E-state index contributed by atoms with van der Waals surface area (Å²) in [6.45, 7) is 7.05. The minimum absolute atomic E-state index is 0.230. The van der Waals surface area contributed by atoms with E-state index in [1.165, 1.54) is 6.07 Å². The predicted octanol–water partition coefficient (Wildman–Crippen LogP) is 4.27. The van der Waals surface area contributed by atoms with Gasteiger partial charge in [0.2, 0.25) is 0 Å². The first-order chi connectivity index (χ1) is 10.1. The number of hydrogen-bond acceptors (Lipinski definition) is 3. The SMILES string of the molecule is CCOc1cc(N(CC)c2ccccc2C)c(N)cc1F. The van der Waals surface area contributed by atoms with Gasteiger partial charge >= 0.3 is 0 Å². The van der Waals surface area contributed by atoms with Gasteiger partial charge in [-0.15, -0.1) is 0 Å². The molecule has 0 fully saturated rings. The Bertz CT molecular complexity index is 628. The summed E-state index contributed by atoms with van der Waals surface area (Å²) in [6.07, 6.45) is 0. The van der Waals surface area contributed by atoms with Crippen molar-refractivity contribution in [3.05, 3.63) is 47.8 Å². The van der Waals surface area contributed by atoms with Crippen LogP contribution in [0.5, 0.6) is 5.75 Å². The van der Waals surface area contributed by atoms with Crippen LogP contribution in [0.4, 0.5) is 21.5 Å². The van der Waals surface area contributed by atoms with Crippen LogP contribution >= 0.6 is 0 Å². The van der Waals surface area contributed by atoms with Crippen molar-refractivity contribution >= 4 is 17.1 Å². The first-order valence-corrected chi connectivity index (χ1v) is 7.13. The molecular formula is C17H21FN2O. The molecule has 0 radical (unpaired) electrons. The van der Waals surface area contributed by atoms with E-state index in [1.807, 2.05) is 45.0 Å². The molecule has 0 aliphatic carbocycles. The van der Waals surface area contributed by atoms with Crippen LogP contribution in [-0.2, 0) is 0 Å². The van der Waals surface area contributed by atoms with Crippen molar-refractivity contribution < 1.29 is 9.13 Å². The third-order valence-corrected chi connectivity index (χ3v) is 3.39. The molecule has 0 aliphatic heterocycles. The number of rotatable bonds is 5. The van der Waals surface area contributed by atoms with E-state index >= 15 is 0 Å². The lowest BCUT2D eigenvalue weighted by Gasteiger charge is -2.27. The van der Waals surface area contributed by atoms with E-state index in [1.54, 1.807) is 6.07 Å². The van der Waals surface area contributed by atoms with Crippen LogP contribution in [0.25, 0.3) is 0 Å². The number of nitrogen functional groups attached to an aromatic ring is 1.